The molecule has 1 aromatic rings. The molecule has 1 aliphatic heterocycles. The van der Waals surface area contributed by atoms with Crippen molar-refractivity contribution >= 4 is 28.1 Å². The molecule has 2 aliphatic carbocycles. The maximum absolute atomic E-state index is 10.9. The van der Waals surface area contributed by atoms with E-state index in [1.165, 1.54) is 6.42 Å². The second kappa shape index (κ2) is 4.78. The van der Waals surface area contributed by atoms with E-state index in [0.717, 1.165) is 24.1 Å². The zero-order valence-electron chi connectivity index (χ0n) is 12.4. The van der Waals surface area contributed by atoms with E-state index in [0.29, 0.717) is 34.9 Å². The van der Waals surface area contributed by atoms with Crippen molar-refractivity contribution in [2.24, 2.45) is 17.8 Å². The number of hydrogen-bond acceptors (Lipinski definition) is 4. The van der Waals surface area contributed by atoms with E-state index in [1.54, 1.807) is 16.4 Å². The van der Waals surface area contributed by atoms with Crippen LogP contribution < -0.4 is 4.31 Å². The maximum atomic E-state index is 10.9. The topological polar surface area (TPSA) is 67.5 Å². The van der Waals surface area contributed by atoms with E-state index in [1.807, 2.05) is 6.92 Å². The molecule has 0 radical (unpaired) electrons. The van der Waals surface area contributed by atoms with Crippen molar-refractivity contribution in [3.05, 3.63) is 28.3 Å². The van der Waals surface area contributed by atoms with E-state index in [2.05, 4.69) is 6.07 Å². The summed E-state index contributed by atoms with van der Waals surface area (Å²) in [5, 5.41) is 9.50. The van der Waals surface area contributed by atoms with Gasteiger partial charge in [0, 0.05) is 12.5 Å². The molecule has 22 heavy (non-hydrogen) atoms. The third-order valence-electron chi connectivity index (χ3n) is 5.82. The molecule has 0 amide bonds. The van der Waals surface area contributed by atoms with Crippen molar-refractivity contribution in [1.82, 2.24) is 0 Å². The minimum absolute atomic E-state index is 0.0140. The lowest BCUT2D eigenvalue weighted by Crippen LogP contribution is -2.29. The van der Waals surface area contributed by atoms with Crippen molar-refractivity contribution in [3.8, 4) is 6.07 Å². The standard InChI is InChI=1S/C16H19ClN2O2S/c1-9-14(5-4-12(7-18)15(9)17)19-8-13-10-2-3-11(6-10)16(13)22(19,20)21/h4-5,10-11,13,16,20-21H,2-3,6,8H2,1H3/t10-,11+,13-,16+/m0/s1. The average molecular weight is 339 g/mol. The summed E-state index contributed by atoms with van der Waals surface area (Å²) in [5.41, 5.74) is 1.95. The van der Waals surface area contributed by atoms with E-state index in [-0.39, 0.29) is 5.25 Å². The molecule has 1 saturated heterocycles. The molecule has 4 nitrogen and oxygen atoms in total. The first-order valence-corrected chi connectivity index (χ1v) is 9.63. The lowest BCUT2D eigenvalue weighted by Gasteiger charge is -2.44. The summed E-state index contributed by atoms with van der Waals surface area (Å²) < 4.78 is 23.6. The summed E-state index contributed by atoms with van der Waals surface area (Å²) in [6.07, 6.45) is 3.51. The number of benzene rings is 1. The van der Waals surface area contributed by atoms with Crippen LogP contribution in [0.4, 0.5) is 5.69 Å². The summed E-state index contributed by atoms with van der Waals surface area (Å²) in [6, 6.07) is 5.54. The summed E-state index contributed by atoms with van der Waals surface area (Å²) >= 11 is 6.26. The molecule has 1 aromatic carbocycles. The van der Waals surface area contributed by atoms with Gasteiger partial charge < -0.3 is 0 Å². The lowest BCUT2D eigenvalue weighted by atomic mass is 9.88. The van der Waals surface area contributed by atoms with Gasteiger partial charge in [-0.1, -0.05) is 11.6 Å². The Labute approximate surface area is 137 Å². The van der Waals surface area contributed by atoms with Crippen LogP contribution in [0.1, 0.15) is 30.4 Å². The van der Waals surface area contributed by atoms with Gasteiger partial charge in [0.1, 0.15) is 6.07 Å². The van der Waals surface area contributed by atoms with Crippen molar-refractivity contribution in [2.75, 3.05) is 10.8 Å². The first-order valence-electron chi connectivity index (χ1n) is 7.69. The normalized spacial score (nSPS) is 36.2. The Balaban J connectivity index is 1.76. The summed E-state index contributed by atoms with van der Waals surface area (Å²) in [5.74, 6) is 1.48. The number of halogens is 1. The Kier molecular flexibility index (Phi) is 3.18. The van der Waals surface area contributed by atoms with Gasteiger partial charge in [-0.15, -0.1) is 10.8 Å². The molecule has 1 heterocycles. The Hall–Kier alpha value is -0.930. The van der Waals surface area contributed by atoms with Gasteiger partial charge in [-0.2, -0.15) is 5.26 Å². The highest BCUT2D eigenvalue weighted by Gasteiger charge is 2.59. The third-order valence-corrected chi connectivity index (χ3v) is 8.77. The van der Waals surface area contributed by atoms with Gasteiger partial charge in [-0.3, -0.25) is 13.4 Å². The van der Waals surface area contributed by atoms with Crippen molar-refractivity contribution in [2.45, 2.75) is 31.4 Å². The van der Waals surface area contributed by atoms with Gasteiger partial charge in [0.25, 0.3) is 0 Å². The van der Waals surface area contributed by atoms with Gasteiger partial charge in [-0.25, -0.2) is 0 Å². The monoisotopic (exact) mass is 338 g/mol. The predicted octanol–water partition coefficient (Wildman–Crippen LogP) is 4.42. The van der Waals surface area contributed by atoms with Crippen LogP contribution in [0.3, 0.4) is 0 Å². The van der Waals surface area contributed by atoms with Crippen LogP contribution in [0.2, 0.25) is 5.02 Å². The fraction of sp³-hybridized carbons (Fsp3) is 0.562. The number of fused-ring (bicyclic) bond motifs is 5. The van der Waals surface area contributed by atoms with E-state index >= 15 is 0 Å². The molecular formula is C16H19ClN2O2S. The van der Waals surface area contributed by atoms with Crippen LogP contribution in [0.15, 0.2) is 12.1 Å². The van der Waals surface area contributed by atoms with Gasteiger partial charge >= 0.3 is 0 Å². The highest BCUT2D eigenvalue weighted by atomic mass is 35.5. The third kappa shape index (κ3) is 1.78. The quantitative estimate of drug-likeness (QED) is 0.795. The minimum atomic E-state index is -2.82. The van der Waals surface area contributed by atoms with E-state index in [4.69, 9.17) is 16.9 Å². The number of nitrogens with zero attached hydrogens (tertiary/aromatic N) is 2. The average Bonchev–Trinajstić information content (AvgIpc) is 3.14. The van der Waals surface area contributed by atoms with Gasteiger partial charge in [0.15, 0.2) is 0 Å². The molecule has 2 N–H and O–H groups in total. The molecule has 4 rings (SSSR count). The fourth-order valence-corrected chi connectivity index (χ4v) is 7.74. The zero-order chi connectivity index (χ0) is 15.6. The van der Waals surface area contributed by atoms with Crippen molar-refractivity contribution in [3.63, 3.8) is 0 Å². The van der Waals surface area contributed by atoms with Crippen LogP contribution in [0, 0.1) is 36.0 Å². The molecule has 0 aromatic heterocycles. The molecule has 3 aliphatic rings. The molecule has 2 bridgehead atoms. The molecule has 4 atom stereocenters. The number of rotatable bonds is 1. The fourth-order valence-electron chi connectivity index (χ4n) is 4.83. The SMILES string of the molecule is Cc1c(N2C[C@H]3[C@H]4CC[C@H](C4)[C@H]3S2(O)O)ccc(C#N)c1Cl. The number of nitriles is 1. The Bertz CT molecular complexity index is 687. The second-order valence-corrected chi connectivity index (χ2v) is 9.25. The first kappa shape index (κ1) is 14.6. The molecule has 0 spiro atoms. The number of hydrogen-bond donors (Lipinski definition) is 2. The highest BCUT2D eigenvalue weighted by molar-refractivity contribution is 8.26. The van der Waals surface area contributed by atoms with Crippen LogP contribution >= 0.6 is 22.4 Å². The largest absolute Gasteiger partial charge is 0.281 e. The van der Waals surface area contributed by atoms with Crippen LogP contribution in [0.5, 0.6) is 0 Å². The Morgan fingerprint density at radius 2 is 2.05 bits per heavy atom. The number of anilines is 1. The van der Waals surface area contributed by atoms with Crippen molar-refractivity contribution < 1.29 is 9.11 Å². The maximum Gasteiger partial charge on any atom is 0.101 e. The Morgan fingerprint density at radius 1 is 1.32 bits per heavy atom. The summed E-state index contributed by atoms with van der Waals surface area (Å²) in [7, 11) is -2.82. The summed E-state index contributed by atoms with van der Waals surface area (Å²) in [6.45, 7) is 2.54. The van der Waals surface area contributed by atoms with Crippen LogP contribution in [0.25, 0.3) is 0 Å². The van der Waals surface area contributed by atoms with Crippen LogP contribution in [-0.2, 0) is 0 Å². The highest BCUT2D eigenvalue weighted by Crippen LogP contribution is 2.69. The van der Waals surface area contributed by atoms with Gasteiger partial charge in [0.2, 0.25) is 0 Å². The Morgan fingerprint density at radius 3 is 2.73 bits per heavy atom. The van der Waals surface area contributed by atoms with Gasteiger partial charge in [-0.05, 0) is 55.7 Å². The predicted molar refractivity (Wildman–Crippen MR) is 89.2 cm³/mol. The van der Waals surface area contributed by atoms with Crippen molar-refractivity contribution in [1.29, 1.82) is 5.26 Å². The molecule has 2 saturated carbocycles. The molecule has 3 fully saturated rings. The molecule has 118 valence electrons. The van der Waals surface area contributed by atoms with Crippen LogP contribution in [-0.4, -0.2) is 20.9 Å². The van der Waals surface area contributed by atoms with E-state index < -0.39 is 10.8 Å². The molecule has 6 heteroatoms. The smallest absolute Gasteiger partial charge is 0.101 e. The second-order valence-electron chi connectivity index (χ2n) is 6.77. The van der Waals surface area contributed by atoms with Gasteiger partial charge in [0.05, 0.1) is 21.5 Å². The molecular weight excluding hydrogens is 320 g/mol. The summed E-state index contributed by atoms with van der Waals surface area (Å²) in [4.78, 5) is 0. The minimum Gasteiger partial charge on any atom is -0.281 e. The zero-order valence-corrected chi connectivity index (χ0v) is 13.9. The lowest BCUT2D eigenvalue weighted by molar-refractivity contribution is 0.352. The first-order chi connectivity index (χ1) is 10.4. The van der Waals surface area contributed by atoms with E-state index in [9.17, 15) is 9.11 Å². The molecule has 0 unspecified atom stereocenters.